The lowest BCUT2D eigenvalue weighted by molar-refractivity contribution is -0.142. The number of unbranched alkanes of at least 4 members (excludes halogenated alkanes) is 1. The summed E-state index contributed by atoms with van der Waals surface area (Å²) in [5.74, 6) is -2.63. The first-order valence-corrected chi connectivity index (χ1v) is 10.6. The van der Waals surface area contributed by atoms with E-state index in [9.17, 15) is 18.4 Å². The summed E-state index contributed by atoms with van der Waals surface area (Å²) in [5, 5.41) is 20.8. The Morgan fingerprint density at radius 1 is 1.09 bits per heavy atom. The molecule has 0 spiro atoms. The van der Waals surface area contributed by atoms with Crippen LogP contribution in [-0.2, 0) is 4.79 Å². The lowest BCUT2D eigenvalue weighted by atomic mass is 9.99. The molecular weight excluding hydrogens is 485 g/mol. The van der Waals surface area contributed by atoms with Crippen LogP contribution in [0.5, 0.6) is 11.5 Å². The molecule has 0 aliphatic rings. The molecule has 180 valence electrons. The Morgan fingerprint density at radius 3 is 2.39 bits per heavy atom. The van der Waals surface area contributed by atoms with Crippen LogP contribution < -0.4 is 14.8 Å². The summed E-state index contributed by atoms with van der Waals surface area (Å²) in [5.41, 5.74) is 0.217. The van der Waals surface area contributed by atoms with Gasteiger partial charge in [0.15, 0.2) is 11.5 Å². The molecule has 0 saturated carbocycles. The van der Waals surface area contributed by atoms with E-state index in [1.165, 1.54) is 30.6 Å². The van der Waals surface area contributed by atoms with Gasteiger partial charge in [-0.2, -0.15) is 8.78 Å². The molecule has 0 saturated heterocycles. The first kappa shape index (κ1) is 26.6. The van der Waals surface area contributed by atoms with Crippen molar-refractivity contribution in [2.75, 3.05) is 18.5 Å². The first-order valence-electron chi connectivity index (χ1n) is 9.88. The second-order valence-corrected chi connectivity index (χ2v) is 7.68. The Labute approximate surface area is 198 Å². The molecule has 3 N–H and O–H groups in total. The van der Waals surface area contributed by atoms with E-state index in [0.29, 0.717) is 19.3 Å². The number of benzene rings is 1. The molecule has 0 aliphatic heterocycles. The van der Waals surface area contributed by atoms with Gasteiger partial charge in [0.05, 0.1) is 28.3 Å². The van der Waals surface area contributed by atoms with E-state index in [0.717, 1.165) is 0 Å². The number of aliphatic carboxylic acids is 1. The summed E-state index contributed by atoms with van der Waals surface area (Å²) in [6.45, 7) is -3.26. The third-order valence-electron chi connectivity index (χ3n) is 4.55. The number of pyridine rings is 1. The maximum Gasteiger partial charge on any atom is 0.387 e. The number of aromatic nitrogens is 1. The highest BCUT2D eigenvalue weighted by Crippen LogP contribution is 2.32. The predicted molar refractivity (Wildman–Crippen MR) is 117 cm³/mol. The predicted octanol–water partition coefficient (Wildman–Crippen LogP) is 4.87. The van der Waals surface area contributed by atoms with Gasteiger partial charge in [-0.25, -0.2) is 0 Å². The van der Waals surface area contributed by atoms with Gasteiger partial charge < -0.3 is 25.0 Å². The smallest absolute Gasteiger partial charge is 0.387 e. The maximum absolute atomic E-state index is 12.7. The number of rotatable bonds is 13. The Bertz CT molecular complexity index is 944. The van der Waals surface area contributed by atoms with Crippen molar-refractivity contribution < 1.29 is 38.1 Å². The van der Waals surface area contributed by atoms with Gasteiger partial charge in [-0.3, -0.25) is 14.6 Å². The molecular formula is C21H22Cl2F2N2O6. The zero-order valence-corrected chi connectivity index (χ0v) is 18.8. The summed E-state index contributed by atoms with van der Waals surface area (Å²) >= 11 is 12.0. The number of hydrogen-bond donors (Lipinski definition) is 3. The number of amides is 1. The molecule has 1 aromatic heterocycles. The maximum atomic E-state index is 12.7. The quantitative estimate of drug-likeness (QED) is 0.331. The molecule has 0 bridgehead atoms. The van der Waals surface area contributed by atoms with Gasteiger partial charge in [-0.1, -0.05) is 23.2 Å². The topological polar surface area (TPSA) is 118 Å². The van der Waals surface area contributed by atoms with Gasteiger partial charge >= 0.3 is 12.6 Å². The van der Waals surface area contributed by atoms with E-state index in [-0.39, 0.29) is 52.4 Å². The lowest BCUT2D eigenvalue weighted by Crippen LogP contribution is -2.15. The minimum absolute atomic E-state index is 0.0676. The number of carbonyl (C=O) groups is 2. The van der Waals surface area contributed by atoms with Crippen molar-refractivity contribution in [2.24, 2.45) is 5.92 Å². The van der Waals surface area contributed by atoms with Crippen LogP contribution in [0, 0.1) is 5.92 Å². The molecule has 1 atom stereocenters. The van der Waals surface area contributed by atoms with Crippen LogP contribution in [0.3, 0.4) is 0 Å². The summed E-state index contributed by atoms with van der Waals surface area (Å²) in [7, 11) is 0. The standard InChI is InChI=1S/C21H22Cl2F2N2O6/c22-14-10-26-11-15(23)18(14)27-19(29)13-4-5-16(33-21(24)25)17(9-13)32-8-2-1-3-12(6-7-28)20(30)31/h4-5,9-12,21,28H,1-3,6-8H2,(H,30,31)(H,26,27,29). The van der Waals surface area contributed by atoms with E-state index < -0.39 is 24.4 Å². The monoisotopic (exact) mass is 506 g/mol. The number of carbonyl (C=O) groups excluding carboxylic acids is 1. The van der Waals surface area contributed by atoms with Crippen LogP contribution in [0.1, 0.15) is 36.0 Å². The Balaban J connectivity index is 2.06. The zero-order valence-electron chi connectivity index (χ0n) is 17.3. The van der Waals surface area contributed by atoms with Gasteiger partial charge in [0.1, 0.15) is 0 Å². The zero-order chi connectivity index (χ0) is 24.4. The number of anilines is 1. The molecule has 1 heterocycles. The Morgan fingerprint density at radius 2 is 1.79 bits per heavy atom. The molecule has 1 aromatic carbocycles. The number of carboxylic acid groups (broad SMARTS) is 1. The van der Waals surface area contributed by atoms with E-state index in [2.05, 4.69) is 15.0 Å². The second-order valence-electron chi connectivity index (χ2n) is 6.86. The van der Waals surface area contributed by atoms with Crippen molar-refractivity contribution in [3.8, 4) is 11.5 Å². The third kappa shape index (κ3) is 8.30. The molecule has 33 heavy (non-hydrogen) atoms. The van der Waals surface area contributed by atoms with E-state index in [1.54, 1.807) is 0 Å². The molecule has 1 amide bonds. The summed E-state index contributed by atoms with van der Waals surface area (Å²) in [4.78, 5) is 27.5. The number of nitrogens with zero attached hydrogens (tertiary/aromatic N) is 1. The molecule has 0 fully saturated rings. The summed E-state index contributed by atoms with van der Waals surface area (Å²) in [6, 6.07) is 3.69. The average Bonchev–Trinajstić information content (AvgIpc) is 2.75. The largest absolute Gasteiger partial charge is 0.490 e. The fraction of sp³-hybridized carbons (Fsp3) is 0.381. The lowest BCUT2D eigenvalue weighted by Gasteiger charge is -2.15. The number of alkyl halides is 2. The number of ether oxygens (including phenoxy) is 2. The number of aliphatic hydroxyl groups is 1. The highest BCUT2D eigenvalue weighted by Gasteiger charge is 2.18. The highest BCUT2D eigenvalue weighted by atomic mass is 35.5. The van der Waals surface area contributed by atoms with Gasteiger partial charge in [-0.15, -0.1) is 0 Å². The van der Waals surface area contributed by atoms with Gasteiger partial charge in [0.2, 0.25) is 0 Å². The first-order chi connectivity index (χ1) is 15.7. The fourth-order valence-corrected chi connectivity index (χ4v) is 3.35. The number of aliphatic hydroxyl groups excluding tert-OH is 1. The van der Waals surface area contributed by atoms with Crippen molar-refractivity contribution in [1.82, 2.24) is 4.98 Å². The molecule has 0 aliphatic carbocycles. The Kier molecular flexibility index (Phi) is 10.6. The Hall–Kier alpha value is -2.69. The molecule has 12 heteroatoms. The molecule has 8 nitrogen and oxygen atoms in total. The number of hydrogen-bond acceptors (Lipinski definition) is 6. The normalized spacial score (nSPS) is 11.8. The number of nitrogens with one attached hydrogen (secondary N) is 1. The van der Waals surface area contributed by atoms with Crippen molar-refractivity contribution in [2.45, 2.75) is 32.3 Å². The second kappa shape index (κ2) is 13.1. The van der Waals surface area contributed by atoms with E-state index >= 15 is 0 Å². The molecule has 0 radical (unpaired) electrons. The van der Waals surface area contributed by atoms with Crippen LogP contribution in [-0.4, -0.2) is 46.9 Å². The highest BCUT2D eigenvalue weighted by molar-refractivity contribution is 6.39. The van der Waals surface area contributed by atoms with Crippen LogP contribution in [0.25, 0.3) is 0 Å². The summed E-state index contributed by atoms with van der Waals surface area (Å²) < 4.78 is 35.5. The van der Waals surface area contributed by atoms with Crippen LogP contribution in [0.4, 0.5) is 14.5 Å². The summed E-state index contributed by atoms with van der Waals surface area (Å²) in [6.07, 6.45) is 3.96. The van der Waals surface area contributed by atoms with E-state index in [4.69, 9.17) is 38.2 Å². The molecule has 1 unspecified atom stereocenters. The van der Waals surface area contributed by atoms with Crippen LogP contribution in [0.15, 0.2) is 30.6 Å². The van der Waals surface area contributed by atoms with E-state index in [1.807, 2.05) is 0 Å². The van der Waals surface area contributed by atoms with Gasteiger partial charge in [0.25, 0.3) is 5.91 Å². The van der Waals surface area contributed by atoms with Gasteiger partial charge in [0, 0.05) is 24.6 Å². The SMILES string of the molecule is O=C(Nc1c(Cl)cncc1Cl)c1ccc(OC(F)F)c(OCCCCC(CCO)C(=O)O)c1. The van der Waals surface area contributed by atoms with Crippen molar-refractivity contribution in [3.05, 3.63) is 46.2 Å². The minimum Gasteiger partial charge on any atom is -0.490 e. The van der Waals surface area contributed by atoms with Gasteiger partial charge in [-0.05, 0) is 43.9 Å². The van der Waals surface area contributed by atoms with Crippen LogP contribution >= 0.6 is 23.2 Å². The molecule has 2 aromatic rings. The number of halogens is 4. The fourth-order valence-electron chi connectivity index (χ4n) is 2.89. The third-order valence-corrected chi connectivity index (χ3v) is 5.12. The van der Waals surface area contributed by atoms with Crippen molar-refractivity contribution in [3.63, 3.8) is 0 Å². The van der Waals surface area contributed by atoms with Crippen molar-refractivity contribution in [1.29, 1.82) is 0 Å². The average molecular weight is 507 g/mol. The van der Waals surface area contributed by atoms with Crippen molar-refractivity contribution >= 4 is 40.8 Å². The molecule has 2 rings (SSSR count). The van der Waals surface area contributed by atoms with Crippen LogP contribution in [0.2, 0.25) is 10.0 Å². The number of carboxylic acids is 1. The minimum atomic E-state index is -3.10.